The van der Waals surface area contributed by atoms with Gasteiger partial charge in [0.1, 0.15) is 0 Å². The molecule has 1 heterocycles. The summed E-state index contributed by atoms with van der Waals surface area (Å²) in [6, 6.07) is 0.0861. The Balaban J connectivity index is 2.29. The van der Waals surface area contributed by atoms with Crippen LogP contribution in [-0.2, 0) is 4.79 Å². The lowest BCUT2D eigenvalue weighted by Gasteiger charge is -2.32. The first-order chi connectivity index (χ1) is 6.65. The molecule has 0 aliphatic carbocycles. The molecule has 0 aromatic rings. The van der Waals surface area contributed by atoms with Crippen molar-refractivity contribution in [2.45, 2.75) is 26.3 Å². The average molecular weight is 194 g/mol. The summed E-state index contributed by atoms with van der Waals surface area (Å²) in [5.41, 5.74) is 0. The average Bonchev–Trinajstić information content (AvgIpc) is 2.01. The lowest BCUT2D eigenvalue weighted by atomic mass is 9.88. The summed E-state index contributed by atoms with van der Waals surface area (Å²) in [6.07, 6.45) is 5.77. The fourth-order valence-corrected chi connectivity index (χ4v) is 1.48. The third-order valence-corrected chi connectivity index (χ3v) is 2.75. The van der Waals surface area contributed by atoms with Crippen molar-refractivity contribution in [2.75, 3.05) is 13.1 Å². The van der Waals surface area contributed by atoms with Gasteiger partial charge in [-0.3, -0.25) is 4.79 Å². The van der Waals surface area contributed by atoms with Crippen molar-refractivity contribution in [3.8, 4) is 12.3 Å². The zero-order valence-electron chi connectivity index (χ0n) is 8.84. The number of amides is 1. The van der Waals surface area contributed by atoms with Gasteiger partial charge in [-0.15, -0.1) is 12.3 Å². The van der Waals surface area contributed by atoms with Crippen LogP contribution in [-0.4, -0.2) is 25.0 Å². The molecule has 0 aromatic carbocycles. The second-order valence-corrected chi connectivity index (χ2v) is 4.02. The molecule has 1 saturated heterocycles. The molecule has 0 bridgehead atoms. The smallest absolute Gasteiger partial charge is 0.223 e. The molecule has 2 N–H and O–H groups in total. The summed E-state index contributed by atoms with van der Waals surface area (Å²) >= 11 is 0. The van der Waals surface area contributed by atoms with E-state index < -0.39 is 0 Å². The molecule has 1 rings (SSSR count). The quantitative estimate of drug-likeness (QED) is 0.635. The topological polar surface area (TPSA) is 41.1 Å². The number of terminal acetylenes is 1. The highest BCUT2D eigenvalue weighted by atomic mass is 16.1. The van der Waals surface area contributed by atoms with Crippen LogP contribution in [0.4, 0.5) is 0 Å². The van der Waals surface area contributed by atoms with E-state index in [4.69, 9.17) is 6.42 Å². The third kappa shape index (κ3) is 2.74. The number of carbonyl (C=O) groups is 1. The molecule has 0 aromatic heterocycles. The predicted molar refractivity (Wildman–Crippen MR) is 56.6 cm³/mol. The molecular formula is C11H18N2O. The van der Waals surface area contributed by atoms with Crippen LogP contribution in [0.15, 0.2) is 0 Å². The summed E-state index contributed by atoms with van der Waals surface area (Å²) < 4.78 is 0. The summed E-state index contributed by atoms with van der Waals surface area (Å²) in [5, 5.41) is 6.08. The van der Waals surface area contributed by atoms with Crippen LogP contribution in [0.5, 0.6) is 0 Å². The molecular weight excluding hydrogens is 176 g/mol. The van der Waals surface area contributed by atoms with Crippen LogP contribution < -0.4 is 10.6 Å². The number of hydrogen-bond acceptors (Lipinski definition) is 2. The molecule has 14 heavy (non-hydrogen) atoms. The fraction of sp³-hybridized carbons (Fsp3) is 0.727. The third-order valence-electron chi connectivity index (χ3n) is 2.75. The lowest BCUT2D eigenvalue weighted by molar-refractivity contribution is -0.127. The molecule has 78 valence electrons. The molecule has 1 aliphatic rings. The predicted octanol–water partition coefficient (Wildman–Crippen LogP) is 0.370. The monoisotopic (exact) mass is 194 g/mol. The molecule has 2 atom stereocenters. The van der Waals surface area contributed by atoms with Gasteiger partial charge in [0.2, 0.25) is 5.91 Å². The van der Waals surface area contributed by atoms with E-state index in [2.05, 4.69) is 16.6 Å². The molecule has 2 unspecified atom stereocenters. The number of rotatable bonds is 4. The number of carbonyl (C=O) groups excluding carboxylic acids is 1. The van der Waals surface area contributed by atoms with Gasteiger partial charge in [-0.1, -0.05) is 6.92 Å². The normalized spacial score (nSPS) is 20.4. The minimum atomic E-state index is 0.0861. The SMILES string of the molecule is C#CCC(C)NC(=O)C(C)C1CNC1. The number of hydrogen-bond donors (Lipinski definition) is 2. The highest BCUT2D eigenvalue weighted by Crippen LogP contribution is 2.15. The van der Waals surface area contributed by atoms with E-state index in [-0.39, 0.29) is 17.9 Å². The van der Waals surface area contributed by atoms with Crippen LogP contribution in [0.3, 0.4) is 0 Å². The Morgan fingerprint density at radius 2 is 2.29 bits per heavy atom. The molecule has 1 aliphatic heterocycles. The van der Waals surface area contributed by atoms with Crippen molar-refractivity contribution in [3.63, 3.8) is 0 Å². The first-order valence-corrected chi connectivity index (χ1v) is 5.09. The Morgan fingerprint density at radius 1 is 1.64 bits per heavy atom. The first kappa shape index (κ1) is 11.1. The van der Waals surface area contributed by atoms with Crippen LogP contribution in [0.25, 0.3) is 0 Å². The maximum atomic E-state index is 11.7. The van der Waals surface area contributed by atoms with Crippen LogP contribution in [0, 0.1) is 24.2 Å². The Morgan fingerprint density at radius 3 is 2.71 bits per heavy atom. The van der Waals surface area contributed by atoms with Gasteiger partial charge in [0, 0.05) is 18.4 Å². The van der Waals surface area contributed by atoms with Gasteiger partial charge in [-0.25, -0.2) is 0 Å². The zero-order chi connectivity index (χ0) is 10.6. The Kier molecular flexibility index (Phi) is 3.97. The molecule has 0 spiro atoms. The van der Waals surface area contributed by atoms with Crippen molar-refractivity contribution >= 4 is 5.91 Å². The largest absolute Gasteiger partial charge is 0.352 e. The van der Waals surface area contributed by atoms with Gasteiger partial charge in [0.25, 0.3) is 0 Å². The minimum Gasteiger partial charge on any atom is -0.352 e. The molecule has 0 saturated carbocycles. The zero-order valence-corrected chi connectivity index (χ0v) is 8.84. The van der Waals surface area contributed by atoms with Crippen molar-refractivity contribution in [1.29, 1.82) is 0 Å². The Labute approximate surface area is 85.6 Å². The molecule has 1 amide bonds. The van der Waals surface area contributed by atoms with Gasteiger partial charge in [0.15, 0.2) is 0 Å². The van der Waals surface area contributed by atoms with Gasteiger partial charge >= 0.3 is 0 Å². The van der Waals surface area contributed by atoms with Crippen molar-refractivity contribution < 1.29 is 4.79 Å². The maximum Gasteiger partial charge on any atom is 0.223 e. The van der Waals surface area contributed by atoms with Crippen molar-refractivity contribution in [2.24, 2.45) is 11.8 Å². The van der Waals surface area contributed by atoms with Crippen molar-refractivity contribution in [3.05, 3.63) is 0 Å². The minimum absolute atomic E-state index is 0.0861. The highest BCUT2D eigenvalue weighted by Gasteiger charge is 2.28. The second-order valence-electron chi connectivity index (χ2n) is 4.02. The summed E-state index contributed by atoms with van der Waals surface area (Å²) in [7, 11) is 0. The molecule has 1 fully saturated rings. The van der Waals surface area contributed by atoms with E-state index in [1.54, 1.807) is 0 Å². The summed E-state index contributed by atoms with van der Waals surface area (Å²) in [4.78, 5) is 11.7. The fourth-order valence-electron chi connectivity index (χ4n) is 1.48. The van der Waals surface area contributed by atoms with E-state index in [0.29, 0.717) is 12.3 Å². The van der Waals surface area contributed by atoms with E-state index in [1.807, 2.05) is 13.8 Å². The maximum absolute atomic E-state index is 11.7. The second kappa shape index (κ2) is 5.02. The first-order valence-electron chi connectivity index (χ1n) is 5.09. The van der Waals surface area contributed by atoms with E-state index in [0.717, 1.165) is 13.1 Å². The molecule has 0 radical (unpaired) electrons. The summed E-state index contributed by atoms with van der Waals surface area (Å²) in [5.74, 6) is 3.25. The van der Waals surface area contributed by atoms with Gasteiger partial charge < -0.3 is 10.6 Å². The standard InChI is InChI=1S/C11H18N2O/c1-4-5-8(2)13-11(14)9(3)10-6-12-7-10/h1,8-10,12H,5-7H2,2-3H3,(H,13,14). The Bertz CT molecular complexity index is 240. The van der Waals surface area contributed by atoms with Gasteiger partial charge in [-0.05, 0) is 25.9 Å². The summed E-state index contributed by atoms with van der Waals surface area (Å²) in [6.45, 7) is 5.82. The van der Waals surface area contributed by atoms with Crippen LogP contribution >= 0.6 is 0 Å². The highest BCUT2D eigenvalue weighted by molar-refractivity contribution is 5.79. The van der Waals surface area contributed by atoms with Gasteiger partial charge in [-0.2, -0.15) is 0 Å². The number of nitrogens with one attached hydrogen (secondary N) is 2. The lowest BCUT2D eigenvalue weighted by Crippen LogP contribution is -2.50. The molecule has 3 heteroatoms. The van der Waals surface area contributed by atoms with Crippen molar-refractivity contribution in [1.82, 2.24) is 10.6 Å². The van der Waals surface area contributed by atoms with Crippen LogP contribution in [0.2, 0.25) is 0 Å². The van der Waals surface area contributed by atoms with Crippen LogP contribution in [0.1, 0.15) is 20.3 Å². The Hall–Kier alpha value is -1.01. The molecule has 3 nitrogen and oxygen atoms in total. The van der Waals surface area contributed by atoms with E-state index in [9.17, 15) is 4.79 Å². The van der Waals surface area contributed by atoms with E-state index in [1.165, 1.54) is 0 Å². The van der Waals surface area contributed by atoms with E-state index >= 15 is 0 Å². The van der Waals surface area contributed by atoms with Gasteiger partial charge in [0.05, 0.1) is 0 Å².